The molecule has 26 heavy (non-hydrogen) atoms. The molecule has 3 aromatic rings. The van der Waals surface area contributed by atoms with E-state index >= 15 is 0 Å². The van der Waals surface area contributed by atoms with Crippen LogP contribution >= 0.6 is 0 Å². The van der Waals surface area contributed by atoms with Gasteiger partial charge in [-0.25, -0.2) is 4.98 Å². The van der Waals surface area contributed by atoms with Crippen molar-refractivity contribution in [3.63, 3.8) is 0 Å². The van der Waals surface area contributed by atoms with Gasteiger partial charge in [0.05, 0.1) is 29.5 Å². The van der Waals surface area contributed by atoms with Crippen LogP contribution in [-0.2, 0) is 11.3 Å². The van der Waals surface area contributed by atoms with Gasteiger partial charge in [-0.3, -0.25) is 9.98 Å². The van der Waals surface area contributed by atoms with Crippen LogP contribution in [0, 0.1) is 0 Å². The molecular weight excluding hydrogens is 328 g/mol. The van der Waals surface area contributed by atoms with Gasteiger partial charge in [0.15, 0.2) is 0 Å². The minimum absolute atomic E-state index is 0.356. The lowest BCUT2D eigenvalue weighted by Crippen LogP contribution is -2.21. The van der Waals surface area contributed by atoms with Gasteiger partial charge in [0, 0.05) is 30.9 Å². The first-order valence-electron chi connectivity index (χ1n) is 8.84. The summed E-state index contributed by atoms with van der Waals surface area (Å²) >= 11 is 0. The minimum Gasteiger partial charge on any atom is -0.381 e. The monoisotopic (exact) mass is 350 g/mol. The highest BCUT2D eigenvalue weighted by molar-refractivity contribution is 6.29. The van der Waals surface area contributed by atoms with E-state index in [1.807, 2.05) is 31.3 Å². The Morgan fingerprint density at radius 2 is 2.12 bits per heavy atom. The Kier molecular flexibility index (Phi) is 4.62. The summed E-state index contributed by atoms with van der Waals surface area (Å²) in [6.07, 6.45) is 5.49. The maximum absolute atomic E-state index is 5.56. The highest BCUT2D eigenvalue weighted by Gasteiger charge is 2.23. The molecule has 7 heteroatoms. The van der Waals surface area contributed by atoms with Crippen molar-refractivity contribution in [3.8, 4) is 0 Å². The van der Waals surface area contributed by atoms with Crippen molar-refractivity contribution in [1.82, 2.24) is 14.5 Å². The smallest absolute Gasteiger partial charge is 0.131 e. The fourth-order valence-electron chi connectivity index (χ4n) is 3.51. The molecule has 1 aromatic carbocycles. The summed E-state index contributed by atoms with van der Waals surface area (Å²) < 4.78 is 7.90. The van der Waals surface area contributed by atoms with Gasteiger partial charge < -0.3 is 15.1 Å². The summed E-state index contributed by atoms with van der Waals surface area (Å²) in [7, 11) is 0. The second kappa shape index (κ2) is 7.21. The SMILES string of the molecule is CC(C=NCc1nc2cnc3ccccc3c2n1C1CCOCC1)=NN. The first-order valence-corrected chi connectivity index (χ1v) is 8.84. The Morgan fingerprint density at radius 1 is 1.31 bits per heavy atom. The molecule has 0 saturated carbocycles. The van der Waals surface area contributed by atoms with Crippen LogP contribution in [0.5, 0.6) is 0 Å². The number of nitrogens with two attached hydrogens (primary N) is 1. The largest absolute Gasteiger partial charge is 0.381 e. The average Bonchev–Trinajstić information content (AvgIpc) is 3.07. The van der Waals surface area contributed by atoms with Gasteiger partial charge in [-0.15, -0.1) is 0 Å². The maximum Gasteiger partial charge on any atom is 0.131 e. The van der Waals surface area contributed by atoms with Crippen LogP contribution < -0.4 is 5.84 Å². The van der Waals surface area contributed by atoms with Crippen molar-refractivity contribution in [2.75, 3.05) is 13.2 Å². The van der Waals surface area contributed by atoms with E-state index in [9.17, 15) is 0 Å². The summed E-state index contributed by atoms with van der Waals surface area (Å²) in [5.74, 6) is 6.21. The number of aromatic nitrogens is 3. The lowest BCUT2D eigenvalue weighted by Gasteiger charge is -2.25. The molecule has 1 aliphatic heterocycles. The van der Waals surface area contributed by atoms with Crippen molar-refractivity contribution >= 4 is 33.9 Å². The van der Waals surface area contributed by atoms with Gasteiger partial charge in [0.25, 0.3) is 0 Å². The number of aliphatic imine (C=N–C) groups is 1. The molecule has 0 spiro atoms. The quantitative estimate of drug-likeness (QED) is 0.445. The number of imidazole rings is 1. The van der Waals surface area contributed by atoms with Crippen LogP contribution in [-0.4, -0.2) is 39.7 Å². The fraction of sp³-hybridized carbons (Fsp3) is 0.368. The number of ether oxygens (including phenoxy) is 1. The fourth-order valence-corrected chi connectivity index (χ4v) is 3.51. The van der Waals surface area contributed by atoms with E-state index in [4.69, 9.17) is 15.6 Å². The van der Waals surface area contributed by atoms with Crippen LogP contribution in [0.1, 0.15) is 31.6 Å². The third-order valence-corrected chi connectivity index (χ3v) is 4.77. The van der Waals surface area contributed by atoms with Crippen molar-refractivity contribution in [1.29, 1.82) is 0 Å². The second-order valence-corrected chi connectivity index (χ2v) is 6.49. The molecule has 0 atom stereocenters. The Morgan fingerprint density at radius 3 is 2.92 bits per heavy atom. The minimum atomic E-state index is 0.356. The molecule has 1 saturated heterocycles. The molecule has 4 rings (SSSR count). The van der Waals surface area contributed by atoms with Crippen LogP contribution in [0.15, 0.2) is 40.6 Å². The highest BCUT2D eigenvalue weighted by atomic mass is 16.5. The maximum atomic E-state index is 5.56. The van der Waals surface area contributed by atoms with Crippen LogP contribution in [0.3, 0.4) is 0 Å². The Hall–Kier alpha value is -2.80. The van der Waals surface area contributed by atoms with Crippen molar-refractivity contribution in [2.24, 2.45) is 15.9 Å². The Labute approximate surface area is 151 Å². The lowest BCUT2D eigenvalue weighted by molar-refractivity contribution is 0.0699. The molecule has 0 radical (unpaired) electrons. The number of fused-ring (bicyclic) bond motifs is 3. The Bertz CT molecular complexity index is 984. The van der Waals surface area contributed by atoms with Gasteiger partial charge in [-0.1, -0.05) is 18.2 Å². The number of hydrazone groups is 1. The molecule has 0 aliphatic carbocycles. The summed E-state index contributed by atoms with van der Waals surface area (Å²) in [6, 6.07) is 8.56. The molecule has 0 unspecified atom stereocenters. The van der Waals surface area contributed by atoms with E-state index in [2.05, 4.69) is 25.7 Å². The molecular formula is C19H22N6O. The number of pyridine rings is 1. The van der Waals surface area contributed by atoms with Gasteiger partial charge in [0.2, 0.25) is 0 Å². The molecule has 1 fully saturated rings. The zero-order valence-corrected chi connectivity index (χ0v) is 14.8. The molecule has 0 bridgehead atoms. The van der Waals surface area contributed by atoms with Gasteiger partial charge in [0.1, 0.15) is 11.3 Å². The number of para-hydroxylation sites is 1. The van der Waals surface area contributed by atoms with Crippen molar-refractivity contribution < 1.29 is 4.74 Å². The molecule has 7 nitrogen and oxygen atoms in total. The zero-order chi connectivity index (χ0) is 17.9. The normalized spacial score (nSPS) is 16.9. The average molecular weight is 350 g/mol. The van der Waals surface area contributed by atoms with E-state index in [-0.39, 0.29) is 0 Å². The Balaban J connectivity index is 1.87. The third-order valence-electron chi connectivity index (χ3n) is 4.77. The molecule has 1 aliphatic rings. The summed E-state index contributed by atoms with van der Waals surface area (Å²) in [5, 5.41) is 4.75. The molecule has 2 N–H and O–H groups in total. The lowest BCUT2D eigenvalue weighted by atomic mass is 10.1. The number of rotatable bonds is 4. The van der Waals surface area contributed by atoms with E-state index in [1.165, 1.54) is 0 Å². The third kappa shape index (κ3) is 3.06. The number of hydrogen-bond acceptors (Lipinski definition) is 6. The van der Waals surface area contributed by atoms with E-state index in [1.54, 1.807) is 6.21 Å². The van der Waals surface area contributed by atoms with Crippen LogP contribution in [0.4, 0.5) is 0 Å². The highest BCUT2D eigenvalue weighted by Crippen LogP contribution is 2.32. The van der Waals surface area contributed by atoms with Gasteiger partial charge >= 0.3 is 0 Å². The predicted molar refractivity (Wildman–Crippen MR) is 104 cm³/mol. The molecule has 3 heterocycles. The second-order valence-electron chi connectivity index (χ2n) is 6.49. The molecule has 134 valence electrons. The van der Waals surface area contributed by atoms with Gasteiger partial charge in [-0.05, 0) is 25.8 Å². The standard InChI is InChI=1S/C19H22N6O/c1-13(24-20)10-21-12-18-23-17-11-22-16-5-3-2-4-15(16)19(17)25(18)14-6-8-26-9-7-14/h2-5,10-11,14H,6-9,12,20H2,1H3. The summed E-state index contributed by atoms with van der Waals surface area (Å²) in [6.45, 7) is 3.85. The number of hydrogen-bond donors (Lipinski definition) is 1. The van der Waals surface area contributed by atoms with Crippen LogP contribution in [0.25, 0.3) is 21.9 Å². The molecule has 2 aromatic heterocycles. The van der Waals surface area contributed by atoms with E-state index in [0.717, 1.165) is 53.8 Å². The van der Waals surface area contributed by atoms with Crippen LogP contribution in [0.2, 0.25) is 0 Å². The zero-order valence-electron chi connectivity index (χ0n) is 14.8. The van der Waals surface area contributed by atoms with E-state index in [0.29, 0.717) is 18.3 Å². The first kappa shape index (κ1) is 16.7. The van der Waals surface area contributed by atoms with Gasteiger partial charge in [-0.2, -0.15) is 5.10 Å². The summed E-state index contributed by atoms with van der Waals surface area (Å²) in [5.41, 5.74) is 3.71. The van der Waals surface area contributed by atoms with Crippen molar-refractivity contribution in [3.05, 3.63) is 36.3 Å². The van der Waals surface area contributed by atoms with Crippen molar-refractivity contribution in [2.45, 2.75) is 32.4 Å². The number of benzene rings is 1. The number of nitrogens with zero attached hydrogens (tertiary/aromatic N) is 5. The first-order chi connectivity index (χ1) is 12.8. The predicted octanol–water partition coefficient (Wildman–Crippen LogP) is 2.84. The molecule has 0 amide bonds. The summed E-state index contributed by atoms with van der Waals surface area (Å²) in [4.78, 5) is 13.9. The van der Waals surface area contributed by atoms with E-state index < -0.39 is 0 Å². The topological polar surface area (TPSA) is 90.7 Å².